The summed E-state index contributed by atoms with van der Waals surface area (Å²) in [5.41, 5.74) is -2.00. The molecule has 7 heteroatoms. The highest BCUT2D eigenvalue weighted by Gasteiger charge is 2.34. The zero-order valence-electron chi connectivity index (χ0n) is 12.7. The first kappa shape index (κ1) is 18.4. The minimum atomic E-state index is -1.47. The number of nitrogens with one attached hydrogen (secondary N) is 2. The van der Waals surface area contributed by atoms with Crippen molar-refractivity contribution in [1.29, 1.82) is 0 Å². The fraction of sp³-hybridized carbons (Fsp3) is 0.769. The molecule has 0 spiro atoms. The van der Waals surface area contributed by atoms with E-state index in [9.17, 15) is 14.4 Å². The Bertz CT molecular complexity index is 375. The smallest absolute Gasteiger partial charge is 0.331 e. The number of rotatable bonds is 7. The maximum Gasteiger partial charge on any atom is 0.331 e. The van der Waals surface area contributed by atoms with Crippen molar-refractivity contribution in [1.82, 2.24) is 10.6 Å². The molecule has 0 saturated heterocycles. The predicted octanol–water partition coefficient (Wildman–Crippen LogP) is 0.145. The lowest BCUT2D eigenvalue weighted by Gasteiger charge is -2.25. The third-order valence-electron chi connectivity index (χ3n) is 2.64. The predicted molar refractivity (Wildman–Crippen MR) is 73.1 cm³/mol. The van der Waals surface area contributed by atoms with E-state index in [1.165, 1.54) is 14.0 Å². The first-order valence-corrected chi connectivity index (χ1v) is 6.34. The Kier molecular flexibility index (Phi) is 6.64. The van der Waals surface area contributed by atoms with Crippen LogP contribution in [0.5, 0.6) is 0 Å². The van der Waals surface area contributed by atoms with Gasteiger partial charge in [0.2, 0.25) is 11.8 Å². The summed E-state index contributed by atoms with van der Waals surface area (Å²) in [5.74, 6) is -1.80. The topological polar surface area (TPSA) is 105 Å². The molecule has 0 aromatic rings. The lowest BCUT2D eigenvalue weighted by Crippen LogP contribution is -2.55. The van der Waals surface area contributed by atoms with Crippen LogP contribution in [-0.2, 0) is 19.1 Å². The van der Waals surface area contributed by atoms with E-state index < -0.39 is 22.8 Å². The molecule has 20 heavy (non-hydrogen) atoms. The van der Waals surface area contributed by atoms with E-state index in [1.807, 2.05) is 0 Å². The van der Waals surface area contributed by atoms with Gasteiger partial charge in [0, 0.05) is 25.5 Å². The standard InChI is InChI=1S/C13H24N2O5/c1-12(2,3)10(17)14-7-6-9(16)15-13(4,8-20-5)11(18)19/h6-8H2,1-5H3,(H,14,17)(H,15,16)(H,18,19). The van der Waals surface area contributed by atoms with Gasteiger partial charge in [0.1, 0.15) is 0 Å². The van der Waals surface area contributed by atoms with Crippen molar-refractivity contribution in [2.24, 2.45) is 5.41 Å². The van der Waals surface area contributed by atoms with Crippen LogP contribution in [0.4, 0.5) is 0 Å². The molecule has 0 aliphatic rings. The molecule has 0 fully saturated rings. The van der Waals surface area contributed by atoms with E-state index in [1.54, 1.807) is 20.8 Å². The highest BCUT2D eigenvalue weighted by Crippen LogP contribution is 2.12. The minimum Gasteiger partial charge on any atom is -0.479 e. The van der Waals surface area contributed by atoms with Crippen molar-refractivity contribution in [3.05, 3.63) is 0 Å². The Morgan fingerprint density at radius 3 is 2.10 bits per heavy atom. The summed E-state index contributed by atoms with van der Waals surface area (Å²) in [6.45, 7) is 6.69. The maximum absolute atomic E-state index is 11.7. The summed E-state index contributed by atoms with van der Waals surface area (Å²) in [6.07, 6.45) is 0.00834. The first-order valence-electron chi connectivity index (χ1n) is 6.34. The molecule has 116 valence electrons. The molecule has 1 unspecified atom stereocenters. The van der Waals surface area contributed by atoms with Crippen molar-refractivity contribution in [2.45, 2.75) is 39.7 Å². The minimum absolute atomic E-state index is 0.00834. The molecule has 0 radical (unpaired) electrons. The Morgan fingerprint density at radius 2 is 1.70 bits per heavy atom. The molecule has 0 rings (SSSR count). The van der Waals surface area contributed by atoms with Gasteiger partial charge in [-0.2, -0.15) is 0 Å². The average molecular weight is 288 g/mol. The summed E-state index contributed by atoms with van der Waals surface area (Å²) in [5, 5.41) is 14.1. The van der Waals surface area contributed by atoms with Crippen LogP contribution < -0.4 is 10.6 Å². The molecule has 1 atom stereocenters. The summed E-state index contributed by atoms with van der Waals surface area (Å²) in [4.78, 5) is 34.4. The molecule has 2 amide bonds. The van der Waals surface area contributed by atoms with Gasteiger partial charge in [-0.15, -0.1) is 0 Å². The summed E-state index contributed by atoms with van der Waals surface area (Å²) in [6, 6.07) is 0. The van der Waals surface area contributed by atoms with E-state index >= 15 is 0 Å². The first-order chi connectivity index (χ1) is 9.03. The van der Waals surface area contributed by atoms with Gasteiger partial charge >= 0.3 is 5.97 Å². The second-order valence-electron chi connectivity index (χ2n) is 5.87. The van der Waals surface area contributed by atoms with Crippen molar-refractivity contribution in [3.63, 3.8) is 0 Å². The monoisotopic (exact) mass is 288 g/mol. The number of carbonyl (C=O) groups is 3. The maximum atomic E-state index is 11.7. The number of carboxylic acids is 1. The van der Waals surface area contributed by atoms with Gasteiger partial charge in [-0.25, -0.2) is 4.79 Å². The number of hydrogen-bond donors (Lipinski definition) is 3. The third-order valence-corrected chi connectivity index (χ3v) is 2.64. The summed E-state index contributed by atoms with van der Waals surface area (Å²) in [7, 11) is 1.36. The van der Waals surface area contributed by atoms with Crippen LogP contribution in [0.15, 0.2) is 0 Å². The molecule has 7 nitrogen and oxygen atoms in total. The number of carbonyl (C=O) groups excluding carboxylic acids is 2. The fourth-order valence-corrected chi connectivity index (χ4v) is 1.36. The van der Waals surface area contributed by atoms with E-state index in [0.717, 1.165) is 0 Å². The molecule has 0 bridgehead atoms. The molecule has 3 N–H and O–H groups in total. The number of carboxylic acid groups (broad SMARTS) is 1. The van der Waals surface area contributed by atoms with Crippen LogP contribution in [-0.4, -0.2) is 48.7 Å². The average Bonchev–Trinajstić information content (AvgIpc) is 2.27. The molecule has 0 aromatic carbocycles. The number of aliphatic carboxylic acids is 1. The number of ether oxygens (including phenoxy) is 1. The number of amides is 2. The van der Waals surface area contributed by atoms with Crippen LogP contribution in [0.3, 0.4) is 0 Å². The molecule has 0 heterocycles. The normalized spacial score (nSPS) is 14.2. The van der Waals surface area contributed by atoms with Crippen LogP contribution in [0, 0.1) is 5.41 Å². The van der Waals surface area contributed by atoms with Gasteiger partial charge in [0.15, 0.2) is 5.54 Å². The van der Waals surface area contributed by atoms with Crippen LogP contribution in [0.25, 0.3) is 0 Å². The number of hydrogen-bond acceptors (Lipinski definition) is 4. The van der Waals surface area contributed by atoms with Crippen molar-refractivity contribution in [3.8, 4) is 0 Å². The lowest BCUT2D eigenvalue weighted by molar-refractivity contribution is -0.149. The fourth-order valence-electron chi connectivity index (χ4n) is 1.36. The Balaban J connectivity index is 4.30. The van der Waals surface area contributed by atoms with Crippen LogP contribution in [0.1, 0.15) is 34.1 Å². The van der Waals surface area contributed by atoms with Crippen LogP contribution >= 0.6 is 0 Å². The molecule has 0 aromatic heterocycles. The second kappa shape index (κ2) is 7.23. The zero-order valence-corrected chi connectivity index (χ0v) is 12.7. The molecule has 0 aliphatic carbocycles. The molecule has 0 saturated carbocycles. The van der Waals surface area contributed by atoms with Gasteiger partial charge in [-0.3, -0.25) is 9.59 Å². The second-order valence-corrected chi connectivity index (χ2v) is 5.87. The van der Waals surface area contributed by atoms with Gasteiger partial charge in [-0.1, -0.05) is 20.8 Å². The van der Waals surface area contributed by atoms with Gasteiger partial charge < -0.3 is 20.5 Å². The van der Waals surface area contributed by atoms with Gasteiger partial charge in [-0.05, 0) is 6.92 Å². The third kappa shape index (κ3) is 6.01. The van der Waals surface area contributed by atoms with Gasteiger partial charge in [0.25, 0.3) is 0 Å². The van der Waals surface area contributed by atoms with Crippen molar-refractivity contribution in [2.75, 3.05) is 20.3 Å². The quantitative estimate of drug-likeness (QED) is 0.618. The SMILES string of the molecule is COCC(C)(NC(=O)CCNC(=O)C(C)(C)C)C(=O)O. The lowest BCUT2D eigenvalue weighted by atomic mass is 9.96. The van der Waals surface area contributed by atoms with Crippen LogP contribution in [0.2, 0.25) is 0 Å². The van der Waals surface area contributed by atoms with Gasteiger partial charge in [0.05, 0.1) is 6.61 Å². The zero-order chi connectivity index (χ0) is 16.0. The summed E-state index contributed by atoms with van der Waals surface area (Å²) < 4.78 is 4.79. The Labute approximate surface area is 119 Å². The van der Waals surface area contributed by atoms with Crippen molar-refractivity contribution >= 4 is 17.8 Å². The van der Waals surface area contributed by atoms with Crippen molar-refractivity contribution < 1.29 is 24.2 Å². The Morgan fingerprint density at radius 1 is 1.15 bits per heavy atom. The van der Waals surface area contributed by atoms with E-state index in [4.69, 9.17) is 9.84 Å². The molecule has 0 aliphatic heterocycles. The Hall–Kier alpha value is -1.63. The largest absolute Gasteiger partial charge is 0.479 e. The number of methoxy groups -OCH3 is 1. The van der Waals surface area contributed by atoms with E-state index in [-0.39, 0.29) is 25.5 Å². The highest BCUT2D eigenvalue weighted by atomic mass is 16.5. The molecular weight excluding hydrogens is 264 g/mol. The molecular formula is C13H24N2O5. The van der Waals surface area contributed by atoms with E-state index in [2.05, 4.69) is 10.6 Å². The van der Waals surface area contributed by atoms with E-state index in [0.29, 0.717) is 0 Å². The summed E-state index contributed by atoms with van der Waals surface area (Å²) >= 11 is 0. The highest BCUT2D eigenvalue weighted by molar-refractivity contribution is 5.87.